The Kier molecular flexibility index (Phi) is 2.18. The molecule has 0 aliphatic rings. The summed E-state index contributed by atoms with van der Waals surface area (Å²) < 4.78 is 1.21. The number of hydrogen-bond donors (Lipinski definition) is 3. The molecule has 6 nitrogen and oxygen atoms in total. The van der Waals surface area contributed by atoms with Crippen LogP contribution in [0.5, 0.6) is 0 Å². The second kappa shape index (κ2) is 2.98. The largest absolute Gasteiger partial charge is 0.366 e. The summed E-state index contributed by atoms with van der Waals surface area (Å²) >= 11 is 0. The Labute approximate surface area is 70.7 Å². The second-order valence-corrected chi connectivity index (χ2v) is 3.06. The number of hydrogen-bond acceptors (Lipinski definition) is 5. The molecule has 1 atom stereocenters. The van der Waals surface area contributed by atoms with E-state index in [9.17, 15) is 0 Å². The lowest BCUT2D eigenvalue weighted by Crippen LogP contribution is -2.25. The molecule has 1 aromatic rings. The molecule has 68 valence electrons. The molecule has 1 rings (SSSR count). The van der Waals surface area contributed by atoms with Crippen LogP contribution in [0.3, 0.4) is 0 Å². The zero-order chi connectivity index (χ0) is 9.30. The number of nitrogen functional groups attached to an aromatic ring is 2. The van der Waals surface area contributed by atoms with Crippen LogP contribution in [0.25, 0.3) is 0 Å². The van der Waals surface area contributed by atoms with Crippen LogP contribution in [0.1, 0.15) is 25.7 Å². The SMILES string of the molecule is CC(C)[C@H](N)c1nnc(N)n1N. The summed E-state index contributed by atoms with van der Waals surface area (Å²) in [6.07, 6.45) is 0. The predicted octanol–water partition coefficient (Wildman–Crippen LogP) is -0.770. The third-order valence-electron chi connectivity index (χ3n) is 1.76. The first-order valence-corrected chi connectivity index (χ1v) is 3.75. The minimum Gasteiger partial charge on any atom is -0.366 e. The fraction of sp³-hybridized carbons (Fsp3) is 0.667. The number of aromatic nitrogens is 3. The van der Waals surface area contributed by atoms with Crippen LogP contribution >= 0.6 is 0 Å². The molecule has 6 N–H and O–H groups in total. The van der Waals surface area contributed by atoms with Crippen LogP contribution in [0.15, 0.2) is 0 Å². The third kappa shape index (κ3) is 1.33. The van der Waals surface area contributed by atoms with Crippen LogP contribution in [0.2, 0.25) is 0 Å². The number of anilines is 1. The molecule has 6 heteroatoms. The van der Waals surface area contributed by atoms with Crippen molar-refractivity contribution in [2.24, 2.45) is 11.7 Å². The lowest BCUT2D eigenvalue weighted by Gasteiger charge is -2.13. The van der Waals surface area contributed by atoms with Crippen molar-refractivity contribution in [2.45, 2.75) is 19.9 Å². The Morgan fingerprint density at radius 2 is 1.92 bits per heavy atom. The van der Waals surface area contributed by atoms with E-state index in [1.54, 1.807) is 0 Å². The molecule has 0 fully saturated rings. The zero-order valence-corrected chi connectivity index (χ0v) is 7.23. The molecule has 0 spiro atoms. The van der Waals surface area contributed by atoms with E-state index < -0.39 is 0 Å². The van der Waals surface area contributed by atoms with Gasteiger partial charge in [-0.15, -0.1) is 10.2 Å². The van der Waals surface area contributed by atoms with Gasteiger partial charge in [-0.3, -0.25) is 0 Å². The summed E-state index contributed by atoms with van der Waals surface area (Å²) in [5.74, 6) is 6.49. The standard InChI is InChI=1S/C6H14N6/c1-3(2)4(7)5-10-11-6(8)12(5)9/h3-4H,7,9H2,1-2H3,(H2,8,11)/t4-/m0/s1. The summed E-state index contributed by atoms with van der Waals surface area (Å²) in [5, 5.41) is 7.38. The van der Waals surface area contributed by atoms with Gasteiger partial charge in [-0.1, -0.05) is 13.8 Å². The van der Waals surface area contributed by atoms with Gasteiger partial charge < -0.3 is 17.3 Å². The summed E-state index contributed by atoms with van der Waals surface area (Å²) in [4.78, 5) is 0. The van der Waals surface area contributed by atoms with Crippen molar-refractivity contribution in [3.63, 3.8) is 0 Å². The highest BCUT2D eigenvalue weighted by Crippen LogP contribution is 2.16. The molecular weight excluding hydrogens is 156 g/mol. The van der Waals surface area contributed by atoms with Gasteiger partial charge in [0, 0.05) is 0 Å². The van der Waals surface area contributed by atoms with Crippen molar-refractivity contribution in [1.82, 2.24) is 14.9 Å². The van der Waals surface area contributed by atoms with Crippen LogP contribution in [-0.2, 0) is 0 Å². The van der Waals surface area contributed by atoms with Crippen LogP contribution in [0, 0.1) is 5.92 Å². The van der Waals surface area contributed by atoms with E-state index in [0.717, 1.165) is 0 Å². The highest BCUT2D eigenvalue weighted by atomic mass is 15.4. The molecule has 0 bridgehead atoms. The number of rotatable bonds is 2. The number of nitrogens with zero attached hydrogens (tertiary/aromatic N) is 3. The van der Waals surface area contributed by atoms with E-state index in [1.807, 2.05) is 13.8 Å². The Balaban J connectivity index is 2.95. The summed E-state index contributed by atoms with van der Waals surface area (Å²) in [6, 6.07) is -0.222. The van der Waals surface area contributed by atoms with Crippen molar-refractivity contribution in [1.29, 1.82) is 0 Å². The monoisotopic (exact) mass is 170 g/mol. The highest BCUT2D eigenvalue weighted by molar-refractivity contribution is 5.18. The van der Waals surface area contributed by atoms with Crippen molar-refractivity contribution < 1.29 is 0 Å². The first kappa shape index (κ1) is 8.79. The summed E-state index contributed by atoms with van der Waals surface area (Å²) in [6.45, 7) is 3.96. The van der Waals surface area contributed by atoms with Crippen LogP contribution in [0.4, 0.5) is 5.95 Å². The smallest absolute Gasteiger partial charge is 0.240 e. The average Bonchev–Trinajstić information content (AvgIpc) is 2.32. The van der Waals surface area contributed by atoms with E-state index >= 15 is 0 Å². The summed E-state index contributed by atoms with van der Waals surface area (Å²) in [7, 11) is 0. The maximum Gasteiger partial charge on any atom is 0.240 e. The van der Waals surface area contributed by atoms with Gasteiger partial charge in [0.15, 0.2) is 5.82 Å². The summed E-state index contributed by atoms with van der Waals surface area (Å²) in [5.41, 5.74) is 11.2. The third-order valence-corrected chi connectivity index (χ3v) is 1.76. The Bertz CT molecular complexity index is 265. The van der Waals surface area contributed by atoms with E-state index in [0.29, 0.717) is 5.82 Å². The van der Waals surface area contributed by atoms with Crippen LogP contribution < -0.4 is 17.3 Å². The van der Waals surface area contributed by atoms with Gasteiger partial charge in [-0.25, -0.2) is 4.68 Å². The van der Waals surface area contributed by atoms with Crippen molar-refractivity contribution in [2.75, 3.05) is 11.6 Å². The lowest BCUT2D eigenvalue weighted by atomic mass is 10.1. The van der Waals surface area contributed by atoms with Gasteiger partial charge in [0.1, 0.15) is 0 Å². The Morgan fingerprint density at radius 1 is 1.33 bits per heavy atom. The van der Waals surface area contributed by atoms with Gasteiger partial charge in [-0.05, 0) is 5.92 Å². The minimum atomic E-state index is -0.222. The van der Waals surface area contributed by atoms with E-state index in [4.69, 9.17) is 17.3 Å². The van der Waals surface area contributed by atoms with E-state index in [-0.39, 0.29) is 17.9 Å². The van der Waals surface area contributed by atoms with Crippen LogP contribution in [-0.4, -0.2) is 14.9 Å². The molecule has 0 aromatic carbocycles. The van der Waals surface area contributed by atoms with Gasteiger partial charge in [0.25, 0.3) is 0 Å². The molecular formula is C6H14N6. The fourth-order valence-corrected chi connectivity index (χ4v) is 0.842. The average molecular weight is 170 g/mol. The van der Waals surface area contributed by atoms with Gasteiger partial charge in [-0.2, -0.15) is 0 Å². The number of nitrogens with two attached hydrogens (primary N) is 3. The van der Waals surface area contributed by atoms with Gasteiger partial charge >= 0.3 is 0 Å². The molecule has 0 unspecified atom stereocenters. The van der Waals surface area contributed by atoms with Crippen molar-refractivity contribution in [3.05, 3.63) is 5.82 Å². The first-order chi connectivity index (χ1) is 5.54. The van der Waals surface area contributed by atoms with E-state index in [1.165, 1.54) is 4.68 Å². The van der Waals surface area contributed by atoms with Gasteiger partial charge in [0.2, 0.25) is 5.95 Å². The molecule has 0 amide bonds. The normalized spacial score (nSPS) is 13.7. The lowest BCUT2D eigenvalue weighted by molar-refractivity contribution is 0.481. The van der Waals surface area contributed by atoms with E-state index in [2.05, 4.69) is 10.2 Å². The topological polar surface area (TPSA) is 109 Å². The predicted molar refractivity (Wildman–Crippen MR) is 46.4 cm³/mol. The molecule has 1 heterocycles. The Hall–Kier alpha value is -1.30. The minimum absolute atomic E-state index is 0.182. The van der Waals surface area contributed by atoms with Gasteiger partial charge in [0.05, 0.1) is 6.04 Å². The maximum absolute atomic E-state index is 5.79. The second-order valence-electron chi connectivity index (χ2n) is 3.06. The molecule has 0 aliphatic heterocycles. The van der Waals surface area contributed by atoms with Crippen molar-refractivity contribution in [3.8, 4) is 0 Å². The molecule has 0 radical (unpaired) electrons. The Morgan fingerprint density at radius 3 is 2.25 bits per heavy atom. The molecule has 12 heavy (non-hydrogen) atoms. The molecule has 1 aromatic heterocycles. The molecule has 0 saturated heterocycles. The fourth-order valence-electron chi connectivity index (χ4n) is 0.842. The first-order valence-electron chi connectivity index (χ1n) is 3.75. The van der Waals surface area contributed by atoms with Crippen molar-refractivity contribution >= 4 is 5.95 Å². The quantitative estimate of drug-likeness (QED) is 0.505. The molecule has 0 saturated carbocycles. The zero-order valence-electron chi connectivity index (χ0n) is 7.23. The highest BCUT2D eigenvalue weighted by Gasteiger charge is 2.17. The maximum atomic E-state index is 5.79. The molecule has 0 aliphatic carbocycles.